The van der Waals surface area contributed by atoms with E-state index in [0.29, 0.717) is 12.2 Å². The first-order valence-electron chi connectivity index (χ1n) is 8.61. The third-order valence-corrected chi connectivity index (χ3v) is 6.35. The highest BCUT2D eigenvalue weighted by Crippen LogP contribution is 2.30. The molecular formula is C18H20N4O3S. The second kappa shape index (κ2) is 6.69. The van der Waals surface area contributed by atoms with Crippen LogP contribution in [0, 0.1) is 0 Å². The molecule has 7 nitrogen and oxygen atoms in total. The zero-order valence-electron chi connectivity index (χ0n) is 14.1. The van der Waals surface area contributed by atoms with Gasteiger partial charge in [-0.25, -0.2) is 8.42 Å². The summed E-state index contributed by atoms with van der Waals surface area (Å²) >= 11 is 0. The number of carbonyl (C=O) groups is 1. The second-order valence-corrected chi connectivity index (χ2v) is 8.26. The molecule has 0 spiro atoms. The number of aromatic nitrogens is 1. The van der Waals surface area contributed by atoms with Gasteiger partial charge in [-0.15, -0.1) is 0 Å². The van der Waals surface area contributed by atoms with Crippen molar-refractivity contribution in [2.45, 2.75) is 36.4 Å². The van der Waals surface area contributed by atoms with Gasteiger partial charge in [-0.2, -0.15) is 4.72 Å². The predicted octanol–water partition coefficient (Wildman–Crippen LogP) is 1.35. The number of nitrogens with one attached hydrogen (secondary N) is 2. The van der Waals surface area contributed by atoms with E-state index in [2.05, 4.69) is 15.0 Å². The summed E-state index contributed by atoms with van der Waals surface area (Å²) in [6.07, 6.45) is 4.69. The summed E-state index contributed by atoms with van der Waals surface area (Å²) in [5, 5.41) is 3.25. The molecule has 1 saturated heterocycles. The lowest BCUT2D eigenvalue weighted by molar-refractivity contribution is -0.131. The molecule has 26 heavy (non-hydrogen) atoms. The van der Waals surface area contributed by atoms with E-state index in [9.17, 15) is 13.2 Å². The Kier molecular flexibility index (Phi) is 4.37. The van der Waals surface area contributed by atoms with Crippen LogP contribution >= 0.6 is 0 Å². The fourth-order valence-electron chi connectivity index (χ4n) is 3.65. The number of benzene rings is 1. The van der Waals surface area contributed by atoms with Crippen molar-refractivity contribution in [3.63, 3.8) is 0 Å². The monoisotopic (exact) mass is 372 g/mol. The fraction of sp³-hybridized carbons (Fsp3) is 0.333. The minimum Gasteiger partial charge on any atom is -0.366 e. The number of rotatable bonds is 3. The lowest BCUT2D eigenvalue weighted by Gasteiger charge is -2.36. The molecule has 136 valence electrons. The van der Waals surface area contributed by atoms with Crippen LogP contribution in [-0.2, 0) is 21.2 Å². The summed E-state index contributed by atoms with van der Waals surface area (Å²) in [5.74, 6) is -0.0136. The molecule has 8 heteroatoms. The molecule has 1 aromatic carbocycles. The maximum absolute atomic E-state index is 12.8. The molecule has 0 saturated carbocycles. The van der Waals surface area contributed by atoms with E-state index in [1.165, 1.54) is 0 Å². The first-order chi connectivity index (χ1) is 12.5. The molecule has 2 aliphatic rings. The van der Waals surface area contributed by atoms with Crippen molar-refractivity contribution in [1.29, 1.82) is 0 Å². The maximum Gasteiger partial charge on any atom is 0.244 e. The molecule has 0 radical (unpaired) electrons. The van der Waals surface area contributed by atoms with Crippen LogP contribution in [0.5, 0.6) is 0 Å². The third kappa shape index (κ3) is 3.17. The molecule has 0 aliphatic carbocycles. The van der Waals surface area contributed by atoms with Crippen molar-refractivity contribution in [1.82, 2.24) is 14.6 Å². The quantitative estimate of drug-likeness (QED) is 0.849. The number of amides is 1. The average Bonchev–Trinajstić information content (AvgIpc) is 3.12. The van der Waals surface area contributed by atoms with Gasteiger partial charge in [-0.3, -0.25) is 9.78 Å². The van der Waals surface area contributed by atoms with Gasteiger partial charge in [0, 0.05) is 18.9 Å². The molecule has 0 unspecified atom stereocenters. The number of hydrogen-bond acceptors (Lipinski definition) is 5. The highest BCUT2D eigenvalue weighted by molar-refractivity contribution is 7.89. The largest absolute Gasteiger partial charge is 0.366 e. The van der Waals surface area contributed by atoms with Gasteiger partial charge in [0.15, 0.2) is 0 Å². The van der Waals surface area contributed by atoms with Gasteiger partial charge < -0.3 is 10.2 Å². The van der Waals surface area contributed by atoms with Crippen molar-refractivity contribution in [2.75, 3.05) is 11.9 Å². The summed E-state index contributed by atoms with van der Waals surface area (Å²) in [6, 6.07) is 10.3. The summed E-state index contributed by atoms with van der Waals surface area (Å²) in [7, 11) is -3.60. The zero-order chi connectivity index (χ0) is 18.1. The van der Waals surface area contributed by atoms with Gasteiger partial charge >= 0.3 is 0 Å². The number of carbonyl (C=O) groups excluding carboxylic acids is 1. The van der Waals surface area contributed by atoms with Crippen LogP contribution in [0.2, 0.25) is 0 Å². The van der Waals surface area contributed by atoms with Gasteiger partial charge in [-0.1, -0.05) is 18.2 Å². The molecule has 3 heterocycles. The summed E-state index contributed by atoms with van der Waals surface area (Å²) in [6.45, 7) is 0.630. The van der Waals surface area contributed by atoms with Crippen LogP contribution < -0.4 is 10.0 Å². The first-order valence-corrected chi connectivity index (χ1v) is 10.1. The molecule has 1 aromatic heterocycles. The van der Waals surface area contributed by atoms with Crippen LogP contribution in [0.3, 0.4) is 0 Å². The highest BCUT2D eigenvalue weighted by atomic mass is 32.2. The van der Waals surface area contributed by atoms with Crippen LogP contribution in [-0.4, -0.2) is 43.0 Å². The van der Waals surface area contributed by atoms with Crippen LogP contribution in [0.25, 0.3) is 0 Å². The van der Waals surface area contributed by atoms with E-state index in [0.717, 1.165) is 18.4 Å². The summed E-state index contributed by atoms with van der Waals surface area (Å²) < 4.78 is 27.8. The maximum atomic E-state index is 12.8. The Morgan fingerprint density at radius 3 is 2.88 bits per heavy atom. The van der Waals surface area contributed by atoms with Gasteiger partial charge in [0.1, 0.15) is 11.1 Å². The fourth-order valence-corrected chi connectivity index (χ4v) is 5.00. The number of likely N-dealkylation sites (tertiary alicyclic amines) is 1. The van der Waals surface area contributed by atoms with Crippen molar-refractivity contribution in [2.24, 2.45) is 0 Å². The number of pyridine rings is 1. The number of fused-ring (bicyclic) bond motifs is 1. The minimum atomic E-state index is -3.60. The van der Waals surface area contributed by atoms with Gasteiger partial charge in [-0.05, 0) is 36.6 Å². The Morgan fingerprint density at radius 2 is 2.08 bits per heavy atom. The van der Waals surface area contributed by atoms with E-state index in [-0.39, 0.29) is 23.3 Å². The minimum absolute atomic E-state index is 0.0136. The van der Waals surface area contributed by atoms with E-state index in [1.807, 2.05) is 6.07 Å². The smallest absolute Gasteiger partial charge is 0.244 e. The molecule has 4 rings (SSSR count). The number of nitrogens with zero attached hydrogens (tertiary/aromatic N) is 2. The van der Waals surface area contributed by atoms with Crippen molar-refractivity contribution < 1.29 is 13.2 Å². The molecular weight excluding hydrogens is 352 g/mol. The van der Waals surface area contributed by atoms with Crippen molar-refractivity contribution >= 4 is 21.6 Å². The number of anilines is 1. The molecule has 2 aliphatic heterocycles. The standard InChI is InChI=1S/C18H20N4O3S/c23-17(11-13-5-3-9-19-12-13)22-10-4-7-15(22)18-20-14-6-1-2-8-16(14)26(24,25)21-18/h1-3,5-6,8-9,12,15,18,20-21H,4,7,10-11H2/t15-,18+/m1/s1. The zero-order valence-corrected chi connectivity index (χ0v) is 14.9. The lowest BCUT2D eigenvalue weighted by Crippen LogP contribution is -2.56. The third-order valence-electron chi connectivity index (χ3n) is 4.85. The van der Waals surface area contributed by atoms with Gasteiger partial charge in [0.2, 0.25) is 15.9 Å². The Bertz CT molecular complexity index is 917. The Morgan fingerprint density at radius 1 is 1.23 bits per heavy atom. The van der Waals surface area contributed by atoms with Gasteiger partial charge in [0.25, 0.3) is 0 Å². The van der Waals surface area contributed by atoms with Crippen molar-refractivity contribution in [3.8, 4) is 0 Å². The molecule has 1 amide bonds. The Labute approximate surface area is 152 Å². The molecule has 2 N–H and O–H groups in total. The Hall–Kier alpha value is -2.45. The second-order valence-electron chi connectivity index (χ2n) is 6.57. The highest BCUT2D eigenvalue weighted by Gasteiger charge is 2.40. The predicted molar refractivity (Wildman–Crippen MR) is 96.9 cm³/mol. The first kappa shape index (κ1) is 17.0. The van der Waals surface area contributed by atoms with E-state index >= 15 is 0 Å². The normalized spacial score (nSPS) is 23.9. The lowest BCUT2D eigenvalue weighted by atomic mass is 10.1. The Balaban J connectivity index is 1.55. The van der Waals surface area contributed by atoms with Crippen molar-refractivity contribution in [3.05, 3.63) is 54.4 Å². The topological polar surface area (TPSA) is 91.4 Å². The number of para-hydroxylation sites is 1. The molecule has 2 atom stereocenters. The molecule has 0 bridgehead atoms. The van der Waals surface area contributed by atoms with Crippen LogP contribution in [0.15, 0.2) is 53.7 Å². The summed E-state index contributed by atoms with van der Waals surface area (Å²) in [5.41, 5.74) is 1.42. The van der Waals surface area contributed by atoms with Gasteiger partial charge in [0.05, 0.1) is 18.2 Å². The van der Waals surface area contributed by atoms with Crippen LogP contribution in [0.4, 0.5) is 5.69 Å². The van der Waals surface area contributed by atoms with E-state index in [1.54, 1.807) is 47.6 Å². The van der Waals surface area contributed by atoms with E-state index in [4.69, 9.17) is 0 Å². The SMILES string of the molecule is O=C(Cc1cccnc1)N1CCC[C@@H]1[C@H]1Nc2ccccc2S(=O)(=O)N1. The summed E-state index contributed by atoms with van der Waals surface area (Å²) in [4.78, 5) is 18.8. The number of sulfonamides is 1. The number of hydrogen-bond donors (Lipinski definition) is 2. The van der Waals surface area contributed by atoms with Crippen LogP contribution in [0.1, 0.15) is 18.4 Å². The van der Waals surface area contributed by atoms with E-state index < -0.39 is 16.2 Å². The molecule has 1 fully saturated rings. The average molecular weight is 372 g/mol. The molecule has 2 aromatic rings.